The number of nitrogens with one attached hydrogen (secondary N) is 2. The smallest absolute Gasteiger partial charge is 0.248 e. The lowest BCUT2D eigenvalue weighted by Crippen LogP contribution is -2.54. The van der Waals surface area contributed by atoms with E-state index in [9.17, 15) is 23.2 Å². The molecule has 0 saturated carbocycles. The molecule has 0 aliphatic carbocycles. The number of likely N-dealkylation sites (N-methyl/N-ethyl adjacent to an activating group) is 1. The molecule has 4 rings (SSSR count). The Kier molecular flexibility index (Phi) is 8.48. The predicted molar refractivity (Wildman–Crippen MR) is 137 cm³/mol. The molecule has 1 fully saturated rings. The van der Waals surface area contributed by atoms with Crippen molar-refractivity contribution in [1.82, 2.24) is 15.5 Å². The molecule has 0 bridgehead atoms. The molecule has 7 nitrogen and oxygen atoms in total. The highest BCUT2D eigenvalue weighted by molar-refractivity contribution is 5.92. The van der Waals surface area contributed by atoms with E-state index < -0.39 is 41.6 Å². The maximum atomic E-state index is 13.7. The maximum absolute atomic E-state index is 13.7. The molecule has 2 N–H and O–H groups in total. The number of hydrogen-bond acceptors (Lipinski definition) is 4. The van der Waals surface area contributed by atoms with Crippen molar-refractivity contribution in [2.45, 2.75) is 37.6 Å². The second kappa shape index (κ2) is 12.0. The van der Waals surface area contributed by atoms with Crippen molar-refractivity contribution in [3.63, 3.8) is 0 Å². The number of ether oxygens (including phenoxy) is 1. The van der Waals surface area contributed by atoms with E-state index in [-0.39, 0.29) is 30.5 Å². The Balaban J connectivity index is 1.51. The van der Waals surface area contributed by atoms with Crippen molar-refractivity contribution in [2.24, 2.45) is 0 Å². The summed E-state index contributed by atoms with van der Waals surface area (Å²) in [5.74, 6) is -3.13. The second-order valence-electron chi connectivity index (χ2n) is 9.27. The molecule has 0 unspecified atom stereocenters. The first-order chi connectivity index (χ1) is 18.2. The molecule has 3 aromatic carbocycles. The fourth-order valence-electron chi connectivity index (χ4n) is 4.50. The molecule has 0 radical (unpaired) electrons. The third-order valence-corrected chi connectivity index (χ3v) is 6.49. The fourth-order valence-corrected chi connectivity index (χ4v) is 4.50. The van der Waals surface area contributed by atoms with Crippen LogP contribution in [-0.4, -0.2) is 48.4 Å². The summed E-state index contributed by atoms with van der Waals surface area (Å²) >= 11 is 0. The molecule has 4 atom stereocenters. The van der Waals surface area contributed by atoms with Crippen LogP contribution in [0.2, 0.25) is 0 Å². The van der Waals surface area contributed by atoms with Gasteiger partial charge in [-0.05, 0) is 35.7 Å². The first-order valence-electron chi connectivity index (χ1n) is 12.3. The van der Waals surface area contributed by atoms with Crippen molar-refractivity contribution in [2.75, 3.05) is 13.7 Å². The number of carbonyl (C=O) groups is 3. The minimum atomic E-state index is -1.06. The Bertz CT molecular complexity index is 1270. The van der Waals surface area contributed by atoms with Gasteiger partial charge in [-0.15, -0.1) is 0 Å². The number of halogens is 2. The third-order valence-electron chi connectivity index (χ3n) is 6.49. The van der Waals surface area contributed by atoms with Gasteiger partial charge in [0.05, 0.1) is 19.1 Å². The van der Waals surface area contributed by atoms with Gasteiger partial charge in [-0.3, -0.25) is 14.4 Å². The van der Waals surface area contributed by atoms with Gasteiger partial charge in [0.25, 0.3) is 0 Å². The van der Waals surface area contributed by atoms with E-state index in [1.54, 1.807) is 11.9 Å². The maximum Gasteiger partial charge on any atom is 0.248 e. The van der Waals surface area contributed by atoms with Gasteiger partial charge in [0, 0.05) is 13.1 Å². The standard InChI is InChI=1S/C29H29F2N3O4/c1-18(32-25(35)15-19-13-22(30)16-23(31)14-19)28(36)33-26-27(21-11-7-4-8-12-21)38-17-24(34(2)29(26)37)20-9-5-3-6-10-20/h3-14,16,18,24,26-27H,15,17H2,1-2H3,(H,32,35)(H,33,36)/t18-,24-,26+,27+/m0/s1. The van der Waals surface area contributed by atoms with Crippen LogP contribution in [0.25, 0.3) is 0 Å². The highest BCUT2D eigenvalue weighted by atomic mass is 19.1. The van der Waals surface area contributed by atoms with Crippen LogP contribution in [0.4, 0.5) is 8.78 Å². The van der Waals surface area contributed by atoms with Crippen molar-refractivity contribution in [1.29, 1.82) is 0 Å². The molecule has 3 amide bonds. The Morgan fingerprint density at radius 1 is 0.974 bits per heavy atom. The monoisotopic (exact) mass is 521 g/mol. The zero-order chi connectivity index (χ0) is 27.2. The van der Waals surface area contributed by atoms with Gasteiger partial charge in [0.1, 0.15) is 29.8 Å². The average molecular weight is 522 g/mol. The van der Waals surface area contributed by atoms with Crippen LogP contribution in [0.5, 0.6) is 0 Å². The lowest BCUT2D eigenvalue weighted by molar-refractivity contribution is -0.138. The van der Waals surface area contributed by atoms with Crippen molar-refractivity contribution in [3.8, 4) is 0 Å². The summed E-state index contributed by atoms with van der Waals surface area (Å²) in [6.45, 7) is 1.68. The highest BCUT2D eigenvalue weighted by Crippen LogP contribution is 2.32. The Labute approximate surface area is 219 Å². The summed E-state index contributed by atoms with van der Waals surface area (Å²) in [6.07, 6.45) is -1.08. The second-order valence-corrected chi connectivity index (χ2v) is 9.27. The SMILES string of the molecule is C[C@H](NC(=O)Cc1cc(F)cc(F)c1)C(=O)N[C@H]1C(=O)N(C)[C@H](c2ccccc2)CO[C@@H]1c1ccccc1. The van der Waals surface area contributed by atoms with Crippen LogP contribution >= 0.6 is 0 Å². The summed E-state index contributed by atoms with van der Waals surface area (Å²) in [7, 11) is 1.67. The van der Waals surface area contributed by atoms with Gasteiger partial charge in [0.2, 0.25) is 17.7 Å². The molecule has 3 aromatic rings. The number of hydrogen-bond donors (Lipinski definition) is 2. The average Bonchev–Trinajstić information content (AvgIpc) is 3.01. The quantitative estimate of drug-likeness (QED) is 0.499. The molecule has 1 aliphatic rings. The van der Waals surface area contributed by atoms with Crippen LogP contribution in [0.15, 0.2) is 78.9 Å². The Morgan fingerprint density at radius 3 is 2.16 bits per heavy atom. The van der Waals surface area contributed by atoms with Crippen LogP contribution in [-0.2, 0) is 25.5 Å². The number of benzene rings is 3. The lowest BCUT2D eigenvalue weighted by atomic mass is 10.0. The number of rotatable bonds is 7. The zero-order valence-electron chi connectivity index (χ0n) is 21.1. The van der Waals surface area contributed by atoms with Gasteiger partial charge >= 0.3 is 0 Å². The van der Waals surface area contributed by atoms with Gasteiger partial charge < -0.3 is 20.3 Å². The summed E-state index contributed by atoms with van der Waals surface area (Å²) in [5.41, 5.74) is 1.76. The van der Waals surface area contributed by atoms with E-state index in [4.69, 9.17) is 4.74 Å². The highest BCUT2D eigenvalue weighted by Gasteiger charge is 2.40. The Hall–Kier alpha value is -4.11. The molecule has 1 saturated heterocycles. The van der Waals surface area contributed by atoms with Crippen LogP contribution in [0.3, 0.4) is 0 Å². The minimum Gasteiger partial charge on any atom is -0.368 e. The van der Waals surface area contributed by atoms with Crippen molar-refractivity contribution >= 4 is 17.7 Å². The van der Waals surface area contributed by atoms with E-state index in [1.807, 2.05) is 60.7 Å². The number of amides is 3. The summed E-state index contributed by atoms with van der Waals surface area (Å²) < 4.78 is 33.2. The summed E-state index contributed by atoms with van der Waals surface area (Å²) in [6, 6.07) is 19.0. The summed E-state index contributed by atoms with van der Waals surface area (Å²) in [4.78, 5) is 40.8. The third kappa shape index (κ3) is 6.41. The van der Waals surface area contributed by atoms with Crippen LogP contribution in [0, 0.1) is 11.6 Å². The van der Waals surface area contributed by atoms with Gasteiger partial charge in [-0.25, -0.2) is 8.78 Å². The molecule has 198 valence electrons. The van der Waals surface area contributed by atoms with E-state index >= 15 is 0 Å². The molecular weight excluding hydrogens is 492 g/mol. The minimum absolute atomic E-state index is 0.137. The number of nitrogens with zero attached hydrogens (tertiary/aromatic N) is 1. The lowest BCUT2D eigenvalue weighted by Gasteiger charge is -2.29. The van der Waals surface area contributed by atoms with Gasteiger partial charge in [-0.2, -0.15) is 0 Å². The van der Waals surface area contributed by atoms with E-state index in [0.29, 0.717) is 6.07 Å². The topological polar surface area (TPSA) is 87.7 Å². The molecule has 0 spiro atoms. The molecule has 1 heterocycles. The molecule has 1 aliphatic heterocycles. The Morgan fingerprint density at radius 2 is 1.55 bits per heavy atom. The first kappa shape index (κ1) is 26.9. The van der Waals surface area contributed by atoms with E-state index in [1.165, 1.54) is 6.92 Å². The normalized spacial score (nSPS) is 20.4. The van der Waals surface area contributed by atoms with Crippen LogP contribution < -0.4 is 10.6 Å². The zero-order valence-corrected chi connectivity index (χ0v) is 21.1. The van der Waals surface area contributed by atoms with Crippen LogP contribution in [0.1, 0.15) is 35.8 Å². The molecule has 9 heteroatoms. The molecular formula is C29H29F2N3O4. The fraction of sp³-hybridized carbons (Fsp3) is 0.276. The molecule has 38 heavy (non-hydrogen) atoms. The van der Waals surface area contributed by atoms with Crippen molar-refractivity contribution < 1.29 is 27.9 Å². The van der Waals surface area contributed by atoms with Gasteiger partial charge in [0.15, 0.2) is 0 Å². The van der Waals surface area contributed by atoms with Crippen molar-refractivity contribution in [3.05, 3.63) is 107 Å². The molecule has 0 aromatic heterocycles. The number of carbonyl (C=O) groups excluding carboxylic acids is 3. The van der Waals surface area contributed by atoms with E-state index in [2.05, 4.69) is 10.6 Å². The summed E-state index contributed by atoms with van der Waals surface area (Å²) in [5, 5.41) is 5.28. The van der Waals surface area contributed by atoms with E-state index in [0.717, 1.165) is 23.3 Å². The van der Waals surface area contributed by atoms with Gasteiger partial charge in [-0.1, -0.05) is 60.7 Å². The largest absolute Gasteiger partial charge is 0.368 e. The predicted octanol–water partition coefficient (Wildman–Crippen LogP) is 3.47. The first-order valence-corrected chi connectivity index (χ1v) is 12.3.